The molecule has 0 N–H and O–H groups in total. The molecule has 0 unspecified atom stereocenters. The number of para-hydroxylation sites is 2. The van der Waals surface area contributed by atoms with Crippen LogP contribution in [0.15, 0.2) is 35.8 Å². The van der Waals surface area contributed by atoms with Crippen LogP contribution in [0.2, 0.25) is 0 Å². The van der Waals surface area contributed by atoms with E-state index in [1.54, 1.807) is 0 Å². The summed E-state index contributed by atoms with van der Waals surface area (Å²) in [5.41, 5.74) is 1.19. The standard InChI is InChI=1S/C10H11BO2/c1-8(2)7-11-12-9-5-3-4-6-10(9)13-11/h3-7H,1-2H3. The average Bonchev–Trinajstić information content (AvgIpc) is 2.44. The number of benzene rings is 1. The highest BCUT2D eigenvalue weighted by molar-refractivity contribution is 6.53. The molecule has 13 heavy (non-hydrogen) atoms. The van der Waals surface area contributed by atoms with Gasteiger partial charge in [-0.15, -0.1) is 0 Å². The van der Waals surface area contributed by atoms with Crippen molar-refractivity contribution in [1.82, 2.24) is 0 Å². The van der Waals surface area contributed by atoms with Crippen LogP contribution < -0.4 is 9.31 Å². The topological polar surface area (TPSA) is 18.5 Å². The van der Waals surface area contributed by atoms with Crippen LogP contribution in [0.25, 0.3) is 0 Å². The molecule has 0 spiro atoms. The van der Waals surface area contributed by atoms with Crippen molar-refractivity contribution in [3.8, 4) is 11.5 Å². The lowest BCUT2D eigenvalue weighted by atomic mass is 9.88. The molecule has 1 aromatic carbocycles. The summed E-state index contributed by atoms with van der Waals surface area (Å²) in [7, 11) is -0.248. The summed E-state index contributed by atoms with van der Waals surface area (Å²) in [5.74, 6) is 3.61. The van der Waals surface area contributed by atoms with Crippen LogP contribution in [-0.2, 0) is 0 Å². The van der Waals surface area contributed by atoms with Crippen molar-refractivity contribution in [2.24, 2.45) is 0 Å². The van der Waals surface area contributed by atoms with Crippen LogP contribution in [-0.4, -0.2) is 7.12 Å². The van der Waals surface area contributed by atoms with Gasteiger partial charge in [-0.2, -0.15) is 0 Å². The Morgan fingerprint density at radius 1 is 1.15 bits per heavy atom. The van der Waals surface area contributed by atoms with Crippen molar-refractivity contribution in [2.75, 3.05) is 0 Å². The second kappa shape index (κ2) is 3.17. The molecule has 1 aromatic rings. The first-order valence-electron chi connectivity index (χ1n) is 4.33. The molecule has 0 fully saturated rings. The van der Waals surface area contributed by atoms with E-state index < -0.39 is 0 Å². The number of allylic oxidation sites excluding steroid dienone is 1. The van der Waals surface area contributed by atoms with Crippen molar-refractivity contribution >= 4 is 7.12 Å². The molecule has 0 saturated carbocycles. The predicted octanol–water partition coefficient (Wildman–Crippen LogP) is 2.45. The van der Waals surface area contributed by atoms with E-state index in [2.05, 4.69) is 0 Å². The fourth-order valence-corrected chi connectivity index (χ4v) is 1.26. The van der Waals surface area contributed by atoms with Gasteiger partial charge in [-0.3, -0.25) is 0 Å². The lowest BCUT2D eigenvalue weighted by Crippen LogP contribution is -2.21. The Bertz CT molecular complexity index is 318. The fraction of sp³-hybridized carbons (Fsp3) is 0.200. The maximum atomic E-state index is 5.52. The van der Waals surface area contributed by atoms with Gasteiger partial charge in [-0.05, 0) is 32.0 Å². The predicted molar refractivity (Wildman–Crippen MR) is 52.9 cm³/mol. The van der Waals surface area contributed by atoms with Crippen LogP contribution in [0.5, 0.6) is 11.5 Å². The molecule has 0 aromatic heterocycles. The summed E-state index contributed by atoms with van der Waals surface area (Å²) in [6, 6.07) is 7.70. The van der Waals surface area contributed by atoms with Crippen molar-refractivity contribution in [3.05, 3.63) is 35.8 Å². The zero-order valence-corrected chi connectivity index (χ0v) is 7.78. The summed E-state index contributed by atoms with van der Waals surface area (Å²) in [6.45, 7) is 4.05. The Labute approximate surface area is 78.3 Å². The summed E-state index contributed by atoms with van der Waals surface area (Å²) >= 11 is 0. The highest BCUT2D eigenvalue weighted by Gasteiger charge is 2.28. The Balaban J connectivity index is 2.18. The molecule has 1 aliphatic rings. The van der Waals surface area contributed by atoms with Gasteiger partial charge in [-0.1, -0.05) is 17.7 Å². The minimum atomic E-state index is -0.248. The molecule has 3 heteroatoms. The lowest BCUT2D eigenvalue weighted by Gasteiger charge is -1.98. The monoisotopic (exact) mass is 174 g/mol. The molecule has 1 heterocycles. The van der Waals surface area contributed by atoms with Crippen molar-refractivity contribution < 1.29 is 9.31 Å². The summed E-state index contributed by atoms with van der Waals surface area (Å²) in [5, 5.41) is 0. The van der Waals surface area contributed by atoms with E-state index in [0.717, 1.165) is 11.5 Å². The van der Waals surface area contributed by atoms with Gasteiger partial charge in [0.1, 0.15) is 11.5 Å². The van der Waals surface area contributed by atoms with Gasteiger partial charge in [0, 0.05) is 0 Å². The van der Waals surface area contributed by atoms with E-state index in [0.29, 0.717) is 0 Å². The third-order valence-electron chi connectivity index (χ3n) is 1.80. The van der Waals surface area contributed by atoms with Gasteiger partial charge in [0.25, 0.3) is 0 Å². The summed E-state index contributed by atoms with van der Waals surface area (Å²) in [4.78, 5) is 0. The van der Waals surface area contributed by atoms with E-state index >= 15 is 0 Å². The molecule has 2 nitrogen and oxygen atoms in total. The van der Waals surface area contributed by atoms with Gasteiger partial charge in [-0.25, -0.2) is 0 Å². The molecule has 2 rings (SSSR count). The largest absolute Gasteiger partial charge is 0.624 e. The SMILES string of the molecule is CC(C)=CB1Oc2ccccc2O1. The zero-order valence-electron chi connectivity index (χ0n) is 7.78. The van der Waals surface area contributed by atoms with Crippen LogP contribution in [0, 0.1) is 0 Å². The molecule has 0 bridgehead atoms. The quantitative estimate of drug-likeness (QED) is 0.608. The number of hydrogen-bond acceptors (Lipinski definition) is 2. The third kappa shape index (κ3) is 1.69. The normalized spacial score (nSPS) is 12.9. The van der Waals surface area contributed by atoms with Gasteiger partial charge in [0.15, 0.2) is 0 Å². The minimum absolute atomic E-state index is 0.248. The number of hydrogen-bond donors (Lipinski definition) is 0. The zero-order chi connectivity index (χ0) is 9.26. The number of fused-ring (bicyclic) bond motifs is 1. The first-order chi connectivity index (χ1) is 6.25. The maximum absolute atomic E-state index is 5.52. The molecule has 0 saturated heterocycles. The Kier molecular flexibility index (Phi) is 2.01. The Morgan fingerprint density at radius 3 is 2.15 bits per heavy atom. The summed E-state index contributed by atoms with van der Waals surface area (Å²) < 4.78 is 11.0. The van der Waals surface area contributed by atoms with Crippen molar-refractivity contribution in [1.29, 1.82) is 0 Å². The second-order valence-corrected chi connectivity index (χ2v) is 3.29. The average molecular weight is 174 g/mol. The highest BCUT2D eigenvalue weighted by Crippen LogP contribution is 2.32. The molecule has 0 aliphatic carbocycles. The molecular weight excluding hydrogens is 163 g/mol. The first-order valence-corrected chi connectivity index (χ1v) is 4.33. The molecule has 0 amide bonds. The van der Waals surface area contributed by atoms with E-state index in [9.17, 15) is 0 Å². The molecule has 1 aliphatic heterocycles. The van der Waals surface area contributed by atoms with E-state index in [4.69, 9.17) is 9.31 Å². The lowest BCUT2D eigenvalue weighted by molar-refractivity contribution is 0.516. The van der Waals surface area contributed by atoms with E-state index in [1.807, 2.05) is 44.1 Å². The summed E-state index contributed by atoms with van der Waals surface area (Å²) in [6.07, 6.45) is 0. The minimum Gasteiger partial charge on any atom is -0.520 e. The van der Waals surface area contributed by atoms with Gasteiger partial charge < -0.3 is 9.31 Å². The van der Waals surface area contributed by atoms with Gasteiger partial charge in [0.2, 0.25) is 0 Å². The molecule has 0 radical (unpaired) electrons. The molecular formula is C10H11BO2. The van der Waals surface area contributed by atoms with E-state index in [1.165, 1.54) is 5.57 Å². The molecule has 66 valence electrons. The van der Waals surface area contributed by atoms with Crippen LogP contribution in [0.4, 0.5) is 0 Å². The van der Waals surface area contributed by atoms with Crippen LogP contribution >= 0.6 is 0 Å². The molecule has 0 atom stereocenters. The van der Waals surface area contributed by atoms with Crippen LogP contribution in [0.1, 0.15) is 13.8 Å². The smallest absolute Gasteiger partial charge is 0.520 e. The Morgan fingerprint density at radius 2 is 1.69 bits per heavy atom. The van der Waals surface area contributed by atoms with E-state index in [-0.39, 0.29) is 7.12 Å². The third-order valence-corrected chi connectivity index (χ3v) is 1.80. The second-order valence-electron chi connectivity index (χ2n) is 3.29. The van der Waals surface area contributed by atoms with Gasteiger partial charge in [0.05, 0.1) is 0 Å². The highest BCUT2D eigenvalue weighted by atomic mass is 16.6. The number of rotatable bonds is 1. The van der Waals surface area contributed by atoms with Crippen molar-refractivity contribution in [3.63, 3.8) is 0 Å². The maximum Gasteiger partial charge on any atom is 0.624 e. The fourth-order valence-electron chi connectivity index (χ4n) is 1.26. The van der Waals surface area contributed by atoms with Crippen molar-refractivity contribution in [2.45, 2.75) is 13.8 Å². The Hall–Kier alpha value is -1.38. The van der Waals surface area contributed by atoms with Crippen LogP contribution in [0.3, 0.4) is 0 Å². The first kappa shape index (κ1) is 8.23. The van der Waals surface area contributed by atoms with Gasteiger partial charge >= 0.3 is 7.12 Å².